The van der Waals surface area contributed by atoms with Crippen molar-refractivity contribution in [3.05, 3.63) is 46.9 Å². The standard InChI is InChI=1S/C20H21ClFN5O5/c1-12(28)31-11-19(29)25-26-20(30)16-4-5-18(24-23-16)27-8-6-14(7-9-27)32-17-10-13(22)2-3-15(17)21/h2-5,10,14H,6-9,11H2,1H3,(H,25,29)(H,26,30). The highest BCUT2D eigenvalue weighted by atomic mass is 35.5. The number of halogens is 2. The van der Waals surface area contributed by atoms with E-state index in [1.54, 1.807) is 6.07 Å². The van der Waals surface area contributed by atoms with Crippen molar-refractivity contribution in [2.24, 2.45) is 0 Å². The van der Waals surface area contributed by atoms with Crippen LogP contribution < -0.4 is 20.5 Å². The first kappa shape index (κ1) is 23.2. The molecule has 0 spiro atoms. The highest BCUT2D eigenvalue weighted by Crippen LogP contribution is 2.28. The molecular formula is C20H21ClFN5O5. The van der Waals surface area contributed by atoms with Crippen molar-refractivity contribution in [2.75, 3.05) is 24.6 Å². The Morgan fingerprint density at radius 3 is 2.56 bits per heavy atom. The van der Waals surface area contributed by atoms with Crippen molar-refractivity contribution in [2.45, 2.75) is 25.9 Å². The number of esters is 1. The fraction of sp³-hybridized carbons (Fsp3) is 0.350. The number of carbonyl (C=O) groups is 3. The van der Waals surface area contributed by atoms with Crippen LogP contribution in [0.4, 0.5) is 10.2 Å². The average molecular weight is 466 g/mol. The molecule has 12 heteroatoms. The predicted octanol–water partition coefficient (Wildman–Crippen LogP) is 1.64. The van der Waals surface area contributed by atoms with Crippen LogP contribution in [0.5, 0.6) is 5.75 Å². The van der Waals surface area contributed by atoms with Crippen LogP contribution in [0.3, 0.4) is 0 Å². The Morgan fingerprint density at radius 2 is 1.91 bits per heavy atom. The Labute approximate surface area is 188 Å². The van der Waals surface area contributed by atoms with Crippen LogP contribution in [0, 0.1) is 5.82 Å². The van der Waals surface area contributed by atoms with Gasteiger partial charge in [0.1, 0.15) is 17.7 Å². The zero-order chi connectivity index (χ0) is 23.1. The van der Waals surface area contributed by atoms with Crippen LogP contribution >= 0.6 is 11.6 Å². The number of anilines is 1. The van der Waals surface area contributed by atoms with E-state index in [0.717, 1.165) is 0 Å². The molecule has 1 saturated heterocycles. The van der Waals surface area contributed by atoms with E-state index < -0.39 is 30.2 Å². The number of rotatable bonds is 6. The smallest absolute Gasteiger partial charge is 0.303 e. The van der Waals surface area contributed by atoms with E-state index >= 15 is 0 Å². The van der Waals surface area contributed by atoms with Gasteiger partial charge in [-0.2, -0.15) is 0 Å². The lowest BCUT2D eigenvalue weighted by Crippen LogP contribution is -2.44. The number of piperidine rings is 1. The Morgan fingerprint density at radius 1 is 1.16 bits per heavy atom. The van der Waals surface area contributed by atoms with Gasteiger partial charge in [-0.3, -0.25) is 25.2 Å². The van der Waals surface area contributed by atoms with Crippen molar-refractivity contribution in [1.29, 1.82) is 0 Å². The van der Waals surface area contributed by atoms with E-state index in [1.807, 2.05) is 4.90 Å². The minimum absolute atomic E-state index is 0.000465. The van der Waals surface area contributed by atoms with E-state index in [0.29, 0.717) is 42.5 Å². The Balaban J connectivity index is 1.47. The maximum absolute atomic E-state index is 13.4. The molecule has 3 rings (SSSR count). The molecule has 2 heterocycles. The van der Waals surface area contributed by atoms with Gasteiger partial charge in [0.05, 0.1) is 5.02 Å². The lowest BCUT2D eigenvalue weighted by Gasteiger charge is -2.32. The first-order chi connectivity index (χ1) is 15.3. The van der Waals surface area contributed by atoms with Crippen molar-refractivity contribution in [3.63, 3.8) is 0 Å². The monoisotopic (exact) mass is 465 g/mol. The van der Waals surface area contributed by atoms with Gasteiger partial charge in [-0.15, -0.1) is 10.2 Å². The molecule has 0 unspecified atom stereocenters. The van der Waals surface area contributed by atoms with Gasteiger partial charge in [-0.25, -0.2) is 4.39 Å². The fourth-order valence-electron chi connectivity index (χ4n) is 2.96. The van der Waals surface area contributed by atoms with Gasteiger partial charge in [0.15, 0.2) is 18.1 Å². The fourth-order valence-corrected chi connectivity index (χ4v) is 3.12. The van der Waals surface area contributed by atoms with Gasteiger partial charge in [0.2, 0.25) is 0 Å². The topological polar surface area (TPSA) is 123 Å². The third kappa shape index (κ3) is 6.51. The lowest BCUT2D eigenvalue weighted by molar-refractivity contribution is -0.146. The second-order valence-electron chi connectivity index (χ2n) is 6.94. The number of benzene rings is 1. The maximum atomic E-state index is 13.4. The summed E-state index contributed by atoms with van der Waals surface area (Å²) in [4.78, 5) is 36.1. The molecule has 0 saturated carbocycles. The van der Waals surface area contributed by atoms with Crippen LogP contribution in [0.15, 0.2) is 30.3 Å². The summed E-state index contributed by atoms with van der Waals surface area (Å²) in [7, 11) is 0. The summed E-state index contributed by atoms with van der Waals surface area (Å²) in [5, 5.41) is 8.31. The second kappa shape index (κ2) is 10.7. The largest absolute Gasteiger partial charge is 0.489 e. The number of aromatic nitrogens is 2. The highest BCUT2D eigenvalue weighted by Gasteiger charge is 2.23. The van der Waals surface area contributed by atoms with Crippen LogP contribution in [-0.4, -0.2) is 53.8 Å². The quantitative estimate of drug-likeness (QED) is 0.487. The Hall–Kier alpha value is -3.47. The Bertz CT molecular complexity index is 983. The molecule has 2 amide bonds. The summed E-state index contributed by atoms with van der Waals surface area (Å²) >= 11 is 6.05. The minimum Gasteiger partial charge on any atom is -0.489 e. The second-order valence-corrected chi connectivity index (χ2v) is 7.35. The van der Waals surface area contributed by atoms with E-state index in [-0.39, 0.29) is 11.8 Å². The number of hydrogen-bond acceptors (Lipinski definition) is 8. The molecule has 1 aliphatic heterocycles. The minimum atomic E-state index is -0.692. The number of hydrogen-bond donors (Lipinski definition) is 2. The normalized spacial score (nSPS) is 13.9. The van der Waals surface area contributed by atoms with Crippen LogP contribution in [-0.2, 0) is 14.3 Å². The average Bonchev–Trinajstić information content (AvgIpc) is 2.79. The van der Waals surface area contributed by atoms with E-state index in [2.05, 4.69) is 25.8 Å². The Kier molecular flexibility index (Phi) is 7.77. The molecule has 170 valence electrons. The van der Waals surface area contributed by atoms with Crippen molar-refractivity contribution in [1.82, 2.24) is 21.0 Å². The molecule has 0 aliphatic carbocycles. The molecule has 1 aliphatic rings. The zero-order valence-electron chi connectivity index (χ0n) is 17.1. The van der Waals surface area contributed by atoms with E-state index in [4.69, 9.17) is 16.3 Å². The third-order valence-electron chi connectivity index (χ3n) is 4.56. The number of nitrogens with zero attached hydrogens (tertiary/aromatic N) is 3. The number of nitrogens with one attached hydrogen (secondary N) is 2. The molecular weight excluding hydrogens is 445 g/mol. The molecule has 1 fully saturated rings. The third-order valence-corrected chi connectivity index (χ3v) is 4.87. The molecule has 32 heavy (non-hydrogen) atoms. The lowest BCUT2D eigenvalue weighted by atomic mass is 10.1. The summed E-state index contributed by atoms with van der Waals surface area (Å²) in [5.41, 5.74) is 4.27. The van der Waals surface area contributed by atoms with Crippen molar-refractivity contribution < 1.29 is 28.2 Å². The molecule has 2 aromatic rings. The van der Waals surface area contributed by atoms with Gasteiger partial charge >= 0.3 is 5.97 Å². The summed E-state index contributed by atoms with van der Waals surface area (Å²) in [6.45, 7) is 1.91. The van der Waals surface area contributed by atoms with E-state index in [1.165, 1.54) is 31.2 Å². The molecule has 0 atom stereocenters. The molecule has 2 N–H and O–H groups in total. The van der Waals surface area contributed by atoms with Crippen molar-refractivity contribution in [3.8, 4) is 5.75 Å². The zero-order valence-corrected chi connectivity index (χ0v) is 17.9. The van der Waals surface area contributed by atoms with Crippen LogP contribution in [0.1, 0.15) is 30.3 Å². The highest BCUT2D eigenvalue weighted by molar-refractivity contribution is 6.32. The number of amides is 2. The summed E-state index contributed by atoms with van der Waals surface area (Å²) in [5.74, 6) is -1.48. The number of ether oxygens (including phenoxy) is 2. The number of carbonyl (C=O) groups excluding carboxylic acids is 3. The van der Waals surface area contributed by atoms with Crippen LogP contribution in [0.25, 0.3) is 0 Å². The summed E-state index contributed by atoms with van der Waals surface area (Å²) in [6.07, 6.45) is 1.23. The SMILES string of the molecule is CC(=O)OCC(=O)NNC(=O)c1ccc(N2CCC(Oc3cc(F)ccc3Cl)CC2)nn1. The van der Waals surface area contributed by atoms with Crippen LogP contribution in [0.2, 0.25) is 5.02 Å². The predicted molar refractivity (Wildman–Crippen MR) is 112 cm³/mol. The summed E-state index contributed by atoms with van der Waals surface area (Å²) in [6, 6.07) is 7.12. The van der Waals surface area contributed by atoms with Gasteiger partial charge in [-0.05, 0) is 24.3 Å². The van der Waals surface area contributed by atoms with E-state index in [9.17, 15) is 18.8 Å². The van der Waals surface area contributed by atoms with Crippen molar-refractivity contribution >= 4 is 35.2 Å². The molecule has 1 aromatic carbocycles. The molecule has 10 nitrogen and oxygen atoms in total. The molecule has 0 bridgehead atoms. The van der Waals surface area contributed by atoms with Gasteiger partial charge in [0, 0.05) is 38.9 Å². The first-order valence-corrected chi connectivity index (χ1v) is 10.1. The van der Waals surface area contributed by atoms with Gasteiger partial charge in [0.25, 0.3) is 11.8 Å². The van der Waals surface area contributed by atoms with Gasteiger partial charge in [-0.1, -0.05) is 11.6 Å². The molecule has 0 radical (unpaired) electrons. The van der Waals surface area contributed by atoms with Gasteiger partial charge < -0.3 is 14.4 Å². The summed E-state index contributed by atoms with van der Waals surface area (Å²) < 4.78 is 23.7. The maximum Gasteiger partial charge on any atom is 0.303 e. The first-order valence-electron chi connectivity index (χ1n) is 9.75. The number of hydrazine groups is 1. The molecule has 1 aromatic heterocycles.